The number of ether oxygens (including phenoxy) is 2. The zero-order chi connectivity index (χ0) is 19.9. The number of sulfone groups is 1. The molecule has 9 heteroatoms. The maximum absolute atomic E-state index is 12.6. The van der Waals surface area contributed by atoms with Crippen molar-refractivity contribution in [1.29, 1.82) is 0 Å². The van der Waals surface area contributed by atoms with Gasteiger partial charge in [0.05, 0.1) is 11.9 Å². The van der Waals surface area contributed by atoms with E-state index in [1.807, 2.05) is 0 Å². The van der Waals surface area contributed by atoms with Gasteiger partial charge in [0, 0.05) is 25.3 Å². The lowest BCUT2D eigenvalue weighted by Crippen LogP contribution is -2.41. The maximum Gasteiger partial charge on any atom is 0.303 e. The number of hydrogen-bond donors (Lipinski definition) is 2. The molecule has 150 valence electrons. The summed E-state index contributed by atoms with van der Waals surface area (Å²) in [7, 11) is -3.58. The molecule has 1 aliphatic rings. The second-order valence-electron chi connectivity index (χ2n) is 6.40. The summed E-state index contributed by atoms with van der Waals surface area (Å²) in [5.74, 6) is -0.903. The van der Waals surface area contributed by atoms with Gasteiger partial charge in [-0.05, 0) is 50.5 Å². The minimum absolute atomic E-state index is 0.0353. The fourth-order valence-corrected chi connectivity index (χ4v) is 4.52. The first kappa shape index (κ1) is 21.2. The number of hydrogen-bond acceptors (Lipinski definition) is 6. The van der Waals surface area contributed by atoms with Crippen LogP contribution >= 0.6 is 0 Å². The number of carboxylic acid groups (broad SMARTS) is 1. The summed E-state index contributed by atoms with van der Waals surface area (Å²) in [6.45, 7) is 2.47. The second-order valence-corrected chi connectivity index (χ2v) is 8.95. The van der Waals surface area contributed by atoms with Gasteiger partial charge in [0.1, 0.15) is 11.0 Å². The third-order valence-electron chi connectivity index (χ3n) is 4.42. The van der Waals surface area contributed by atoms with Gasteiger partial charge in [0.2, 0.25) is 5.91 Å². The van der Waals surface area contributed by atoms with Gasteiger partial charge in [0.25, 0.3) is 0 Å². The second kappa shape index (κ2) is 9.70. The van der Waals surface area contributed by atoms with Crippen LogP contribution < -0.4 is 10.1 Å². The van der Waals surface area contributed by atoms with Crippen LogP contribution in [0.2, 0.25) is 0 Å². The Labute approximate surface area is 158 Å². The lowest BCUT2D eigenvalue weighted by molar-refractivity contribution is -0.137. The van der Waals surface area contributed by atoms with Gasteiger partial charge in [-0.3, -0.25) is 9.59 Å². The van der Waals surface area contributed by atoms with E-state index in [0.717, 1.165) is 0 Å². The van der Waals surface area contributed by atoms with E-state index >= 15 is 0 Å². The highest BCUT2D eigenvalue weighted by atomic mass is 32.2. The van der Waals surface area contributed by atoms with Crippen LogP contribution in [-0.2, 0) is 24.2 Å². The van der Waals surface area contributed by atoms with Crippen molar-refractivity contribution < 1.29 is 32.6 Å². The first-order valence-electron chi connectivity index (χ1n) is 8.86. The Morgan fingerprint density at radius 3 is 2.48 bits per heavy atom. The molecule has 1 atom stereocenters. The van der Waals surface area contributed by atoms with Gasteiger partial charge in [-0.2, -0.15) is 0 Å². The lowest BCUT2D eigenvalue weighted by atomic mass is 10.2. The van der Waals surface area contributed by atoms with Crippen LogP contribution in [0.3, 0.4) is 0 Å². The molecule has 1 aliphatic heterocycles. The molecule has 0 radical (unpaired) electrons. The van der Waals surface area contributed by atoms with Gasteiger partial charge in [-0.1, -0.05) is 0 Å². The number of nitrogens with one attached hydrogen (secondary N) is 1. The Hall–Kier alpha value is -2.13. The molecule has 2 N–H and O–H groups in total. The number of anilines is 1. The molecule has 1 unspecified atom stereocenters. The van der Waals surface area contributed by atoms with Gasteiger partial charge in [-0.25, -0.2) is 8.42 Å². The minimum atomic E-state index is -3.58. The molecule has 1 aromatic carbocycles. The van der Waals surface area contributed by atoms with Crippen LogP contribution in [0, 0.1) is 0 Å². The summed E-state index contributed by atoms with van der Waals surface area (Å²) in [5.41, 5.74) is 0.465. The van der Waals surface area contributed by atoms with Crippen LogP contribution in [0.4, 0.5) is 5.69 Å². The molecule has 1 fully saturated rings. The molecule has 0 aromatic heterocycles. The monoisotopic (exact) mass is 399 g/mol. The Morgan fingerprint density at radius 1 is 1.26 bits per heavy atom. The van der Waals surface area contributed by atoms with E-state index in [1.165, 1.54) is 6.92 Å². The number of rotatable bonds is 9. The highest BCUT2D eigenvalue weighted by molar-refractivity contribution is 7.93. The fourth-order valence-electron chi connectivity index (χ4n) is 2.73. The molecule has 0 spiro atoms. The molecule has 1 amide bonds. The molecule has 0 aliphatic carbocycles. The van der Waals surface area contributed by atoms with Crippen molar-refractivity contribution in [3.05, 3.63) is 24.3 Å². The molecule has 27 heavy (non-hydrogen) atoms. The van der Waals surface area contributed by atoms with Gasteiger partial charge in [-0.15, -0.1) is 0 Å². The van der Waals surface area contributed by atoms with Crippen molar-refractivity contribution in [2.24, 2.45) is 0 Å². The number of carbonyl (C=O) groups is 2. The van der Waals surface area contributed by atoms with Crippen molar-refractivity contribution in [3.63, 3.8) is 0 Å². The SMILES string of the molecule is CC(C(=O)Nc1ccc(OCCCC(=O)O)cc1)S(=O)(=O)C1CCOCC1. The fraction of sp³-hybridized carbons (Fsp3) is 0.556. The van der Waals surface area contributed by atoms with Gasteiger partial charge >= 0.3 is 5.97 Å². The van der Waals surface area contributed by atoms with Crippen molar-refractivity contribution >= 4 is 27.4 Å². The zero-order valence-corrected chi connectivity index (χ0v) is 16.0. The van der Waals surface area contributed by atoms with Crippen LogP contribution in [0.15, 0.2) is 24.3 Å². The number of amides is 1. The molecule has 0 bridgehead atoms. The zero-order valence-electron chi connectivity index (χ0n) is 15.2. The highest BCUT2D eigenvalue weighted by Crippen LogP contribution is 2.22. The van der Waals surface area contributed by atoms with E-state index in [4.69, 9.17) is 14.6 Å². The van der Waals surface area contributed by atoms with Crippen LogP contribution in [0.1, 0.15) is 32.6 Å². The van der Waals surface area contributed by atoms with E-state index < -0.39 is 32.2 Å². The van der Waals surface area contributed by atoms with Crippen molar-refractivity contribution in [1.82, 2.24) is 0 Å². The lowest BCUT2D eigenvalue weighted by Gasteiger charge is -2.25. The average Bonchev–Trinajstić information content (AvgIpc) is 2.66. The molecule has 0 saturated carbocycles. The number of benzene rings is 1. The highest BCUT2D eigenvalue weighted by Gasteiger charge is 2.36. The van der Waals surface area contributed by atoms with Gasteiger partial charge in [0.15, 0.2) is 9.84 Å². The summed E-state index contributed by atoms with van der Waals surface area (Å²) < 4.78 is 35.8. The quantitative estimate of drug-likeness (QED) is 0.608. The smallest absolute Gasteiger partial charge is 0.303 e. The largest absolute Gasteiger partial charge is 0.494 e. The molecule has 1 saturated heterocycles. The Morgan fingerprint density at radius 2 is 1.89 bits per heavy atom. The molecule has 8 nitrogen and oxygen atoms in total. The predicted octanol–water partition coefficient (Wildman–Crippen LogP) is 1.85. The van der Waals surface area contributed by atoms with E-state index in [2.05, 4.69) is 5.32 Å². The Kier molecular flexibility index (Phi) is 7.61. The van der Waals surface area contributed by atoms with E-state index in [9.17, 15) is 18.0 Å². The van der Waals surface area contributed by atoms with Crippen LogP contribution in [-0.4, -0.2) is 55.7 Å². The topological polar surface area (TPSA) is 119 Å². The van der Waals surface area contributed by atoms with E-state index in [1.54, 1.807) is 24.3 Å². The predicted molar refractivity (Wildman–Crippen MR) is 99.7 cm³/mol. The molecular formula is C18H25NO7S. The third-order valence-corrected chi connectivity index (χ3v) is 7.02. The first-order chi connectivity index (χ1) is 12.8. The molecule has 2 rings (SSSR count). The van der Waals surface area contributed by atoms with Crippen molar-refractivity contribution in [3.8, 4) is 5.75 Å². The minimum Gasteiger partial charge on any atom is -0.494 e. The summed E-state index contributed by atoms with van der Waals surface area (Å²) in [6, 6.07) is 6.48. The maximum atomic E-state index is 12.6. The standard InChI is InChI=1S/C18H25NO7S/c1-13(27(23,24)16-8-11-25-12-9-16)18(22)19-14-4-6-15(7-5-14)26-10-2-3-17(20)21/h4-7,13,16H,2-3,8-12H2,1H3,(H,19,22)(H,20,21). The van der Waals surface area contributed by atoms with E-state index in [0.29, 0.717) is 43.9 Å². The molecule has 1 heterocycles. The Balaban J connectivity index is 1.88. The summed E-state index contributed by atoms with van der Waals surface area (Å²) >= 11 is 0. The summed E-state index contributed by atoms with van der Waals surface area (Å²) in [4.78, 5) is 22.8. The van der Waals surface area contributed by atoms with Crippen molar-refractivity contribution in [2.75, 3.05) is 25.1 Å². The number of aliphatic carboxylic acids is 1. The number of carbonyl (C=O) groups excluding carboxylic acids is 1. The average molecular weight is 399 g/mol. The van der Waals surface area contributed by atoms with E-state index in [-0.39, 0.29) is 13.0 Å². The Bertz CT molecular complexity index is 739. The van der Waals surface area contributed by atoms with Gasteiger partial charge < -0.3 is 19.9 Å². The van der Waals surface area contributed by atoms with Crippen LogP contribution in [0.5, 0.6) is 5.75 Å². The molecule has 1 aromatic rings. The van der Waals surface area contributed by atoms with Crippen LogP contribution in [0.25, 0.3) is 0 Å². The molecular weight excluding hydrogens is 374 g/mol. The van der Waals surface area contributed by atoms with Crippen molar-refractivity contribution in [2.45, 2.75) is 43.1 Å². The summed E-state index contributed by atoms with van der Waals surface area (Å²) in [5, 5.41) is 9.49. The number of carboxylic acids is 1. The summed E-state index contributed by atoms with van der Waals surface area (Å²) in [6.07, 6.45) is 1.25. The third kappa shape index (κ3) is 6.21. The first-order valence-corrected chi connectivity index (χ1v) is 10.5. The normalized spacial score (nSPS) is 16.5.